The van der Waals surface area contributed by atoms with Crippen molar-refractivity contribution in [3.8, 4) is 34.0 Å². The monoisotopic (exact) mass is 427 g/mol. The number of phenols is 1. The Kier molecular flexibility index (Phi) is 5.05. The molecule has 0 amide bonds. The highest BCUT2D eigenvalue weighted by atomic mass is 19.1. The molecule has 2 saturated heterocycles. The van der Waals surface area contributed by atoms with Crippen LogP contribution in [0.1, 0.15) is 25.7 Å². The van der Waals surface area contributed by atoms with Crippen LogP contribution >= 0.6 is 0 Å². The average molecular weight is 427 g/mol. The van der Waals surface area contributed by atoms with Gasteiger partial charge in [0.15, 0.2) is 6.17 Å². The molecule has 31 heavy (non-hydrogen) atoms. The van der Waals surface area contributed by atoms with Crippen molar-refractivity contribution >= 4 is 0 Å². The summed E-state index contributed by atoms with van der Waals surface area (Å²) in [7, 11) is 1.63. The minimum absolute atomic E-state index is 0.0567. The average Bonchev–Trinajstić information content (AvgIpc) is 3.11. The smallest absolute Gasteiger partial charge is 0.240 e. The molecule has 2 bridgehead atoms. The van der Waals surface area contributed by atoms with Crippen LogP contribution in [0.3, 0.4) is 0 Å². The molecule has 4 atom stereocenters. The highest BCUT2D eigenvalue weighted by Gasteiger charge is 2.41. The molecule has 162 valence electrons. The van der Waals surface area contributed by atoms with E-state index in [9.17, 15) is 13.9 Å². The molecule has 2 N–H and O–H groups in total. The summed E-state index contributed by atoms with van der Waals surface area (Å²) in [6, 6.07) is 8.20. The van der Waals surface area contributed by atoms with Crippen molar-refractivity contribution in [1.29, 1.82) is 0 Å². The van der Waals surface area contributed by atoms with Crippen LogP contribution in [0.25, 0.3) is 22.4 Å². The summed E-state index contributed by atoms with van der Waals surface area (Å²) in [6.07, 6.45) is 3.42. The Morgan fingerprint density at radius 1 is 1.16 bits per heavy atom. The molecule has 4 heterocycles. The van der Waals surface area contributed by atoms with Gasteiger partial charge in [0.2, 0.25) is 11.8 Å². The van der Waals surface area contributed by atoms with Gasteiger partial charge in [0.1, 0.15) is 11.9 Å². The van der Waals surface area contributed by atoms with E-state index < -0.39 is 18.2 Å². The molecular weight excluding hydrogens is 404 g/mol. The minimum atomic E-state index is -1.08. The number of rotatable bonds is 4. The molecular formula is C22H23F2N5O2. The number of fused-ring (bicyclic) bond motifs is 2. The predicted octanol–water partition coefficient (Wildman–Crippen LogP) is 3.39. The third-order valence-electron chi connectivity index (χ3n) is 6.05. The molecule has 5 rings (SSSR count). The summed E-state index contributed by atoms with van der Waals surface area (Å²) in [5.41, 5.74) is 1.69. The number of ether oxygens (including phenoxy) is 1. The Morgan fingerprint density at radius 2 is 2.03 bits per heavy atom. The van der Waals surface area contributed by atoms with Gasteiger partial charge in [-0.05, 0) is 36.6 Å². The SMILES string of the molecule is Cn1cc(-c2ccc(-c3ccc(O[C@@H]4C[C@H]5CCC[C@H](N5)[C@@H]4F)nn3)c(O)c2)c(F)n1. The Balaban J connectivity index is 1.32. The van der Waals surface area contributed by atoms with Crippen LogP contribution in [-0.4, -0.2) is 49.4 Å². The van der Waals surface area contributed by atoms with E-state index in [0.29, 0.717) is 28.8 Å². The fourth-order valence-corrected chi connectivity index (χ4v) is 4.53. The number of halogens is 2. The molecule has 2 aliphatic rings. The number of piperidine rings is 2. The first kappa shape index (κ1) is 19.9. The van der Waals surface area contributed by atoms with E-state index in [-0.39, 0.29) is 23.7 Å². The maximum absolute atomic E-state index is 14.7. The maximum atomic E-state index is 14.7. The van der Waals surface area contributed by atoms with Crippen LogP contribution in [-0.2, 0) is 7.05 Å². The number of hydrogen-bond donors (Lipinski definition) is 2. The Bertz CT molecular complexity index is 1090. The number of phenolic OH excluding ortho intramolecular Hbond substituents is 1. The van der Waals surface area contributed by atoms with Crippen molar-refractivity contribution < 1.29 is 18.6 Å². The topological polar surface area (TPSA) is 85.1 Å². The number of aryl methyl sites for hydroxylation is 1. The van der Waals surface area contributed by atoms with Crippen LogP contribution in [0.2, 0.25) is 0 Å². The third kappa shape index (κ3) is 3.85. The summed E-state index contributed by atoms with van der Waals surface area (Å²) in [4.78, 5) is 0. The number of nitrogens with one attached hydrogen (secondary N) is 1. The maximum Gasteiger partial charge on any atom is 0.240 e. The van der Waals surface area contributed by atoms with E-state index in [2.05, 4.69) is 20.6 Å². The summed E-state index contributed by atoms with van der Waals surface area (Å²) in [5, 5.41) is 25.7. The Hall–Kier alpha value is -3.07. The molecule has 0 spiro atoms. The summed E-state index contributed by atoms with van der Waals surface area (Å²) >= 11 is 0. The molecule has 2 aromatic heterocycles. The summed E-state index contributed by atoms with van der Waals surface area (Å²) < 4.78 is 35.8. The molecule has 0 saturated carbocycles. The van der Waals surface area contributed by atoms with Crippen LogP contribution in [0.4, 0.5) is 8.78 Å². The second-order valence-corrected chi connectivity index (χ2v) is 8.23. The van der Waals surface area contributed by atoms with Crippen LogP contribution in [0, 0.1) is 5.95 Å². The number of hydrogen-bond acceptors (Lipinski definition) is 6. The third-order valence-corrected chi connectivity index (χ3v) is 6.05. The molecule has 1 aromatic carbocycles. The van der Waals surface area contributed by atoms with Gasteiger partial charge in [0.25, 0.3) is 0 Å². The first-order valence-electron chi connectivity index (χ1n) is 10.4. The fraction of sp³-hybridized carbons (Fsp3) is 0.409. The van der Waals surface area contributed by atoms with E-state index in [4.69, 9.17) is 4.74 Å². The lowest BCUT2D eigenvalue weighted by Gasteiger charge is -2.42. The van der Waals surface area contributed by atoms with Gasteiger partial charge >= 0.3 is 0 Å². The lowest BCUT2D eigenvalue weighted by atomic mass is 9.84. The highest BCUT2D eigenvalue weighted by molar-refractivity contribution is 5.73. The van der Waals surface area contributed by atoms with Gasteiger partial charge in [-0.15, -0.1) is 15.3 Å². The first-order chi connectivity index (χ1) is 15.0. The largest absolute Gasteiger partial charge is 0.507 e. The van der Waals surface area contributed by atoms with Crippen LogP contribution in [0.5, 0.6) is 11.6 Å². The molecule has 0 aliphatic carbocycles. The normalized spacial score (nSPS) is 25.4. The Labute approximate surface area is 178 Å². The predicted molar refractivity (Wildman–Crippen MR) is 110 cm³/mol. The van der Waals surface area contributed by atoms with Gasteiger partial charge in [0.05, 0.1) is 11.3 Å². The van der Waals surface area contributed by atoms with E-state index in [1.54, 1.807) is 37.5 Å². The quantitative estimate of drug-likeness (QED) is 0.664. The fourth-order valence-electron chi connectivity index (χ4n) is 4.53. The molecule has 9 heteroatoms. The van der Waals surface area contributed by atoms with Crippen molar-refractivity contribution in [2.24, 2.45) is 7.05 Å². The highest BCUT2D eigenvalue weighted by Crippen LogP contribution is 2.34. The Morgan fingerprint density at radius 3 is 2.74 bits per heavy atom. The lowest BCUT2D eigenvalue weighted by molar-refractivity contribution is 0.00652. The zero-order valence-electron chi connectivity index (χ0n) is 17.0. The van der Waals surface area contributed by atoms with E-state index in [0.717, 1.165) is 19.3 Å². The molecule has 3 aromatic rings. The van der Waals surface area contributed by atoms with Crippen molar-refractivity contribution in [3.63, 3.8) is 0 Å². The second kappa shape index (κ2) is 7.88. The lowest BCUT2D eigenvalue weighted by Crippen LogP contribution is -2.59. The van der Waals surface area contributed by atoms with Gasteiger partial charge in [-0.3, -0.25) is 4.68 Å². The number of aromatic hydroxyl groups is 1. The van der Waals surface area contributed by atoms with Crippen LogP contribution in [0.15, 0.2) is 36.5 Å². The van der Waals surface area contributed by atoms with Gasteiger partial charge in [-0.2, -0.15) is 4.39 Å². The van der Waals surface area contributed by atoms with Gasteiger partial charge in [-0.25, -0.2) is 4.39 Å². The molecule has 2 aliphatic heterocycles. The number of benzene rings is 1. The molecule has 2 fully saturated rings. The number of aromatic nitrogens is 4. The summed E-state index contributed by atoms with van der Waals surface area (Å²) in [6.45, 7) is 0. The van der Waals surface area contributed by atoms with Crippen molar-refractivity contribution in [3.05, 3.63) is 42.5 Å². The molecule has 0 unspecified atom stereocenters. The van der Waals surface area contributed by atoms with Crippen molar-refractivity contribution in [2.75, 3.05) is 0 Å². The first-order valence-corrected chi connectivity index (χ1v) is 10.4. The standard InChI is InChI=1S/C22H23F2N5O2/c1-29-11-15(22(24)28-29)12-5-6-14(18(30)9-12)16-7-8-20(27-26-16)31-19-10-13-3-2-4-17(25-13)21(19)23/h5-9,11,13,17,19,21,25,30H,2-4,10H2,1H3/t13-,17+,19-,21+/m1/s1. The van der Waals surface area contributed by atoms with E-state index in [1.807, 2.05) is 0 Å². The van der Waals surface area contributed by atoms with Crippen LogP contribution < -0.4 is 10.1 Å². The van der Waals surface area contributed by atoms with Gasteiger partial charge in [0, 0.05) is 43.4 Å². The van der Waals surface area contributed by atoms with Crippen molar-refractivity contribution in [2.45, 2.75) is 50.0 Å². The van der Waals surface area contributed by atoms with Gasteiger partial charge < -0.3 is 15.2 Å². The van der Waals surface area contributed by atoms with E-state index >= 15 is 0 Å². The zero-order chi connectivity index (χ0) is 21.5. The number of alkyl halides is 1. The number of nitrogens with zero attached hydrogens (tertiary/aromatic N) is 4. The minimum Gasteiger partial charge on any atom is -0.507 e. The zero-order valence-corrected chi connectivity index (χ0v) is 17.0. The van der Waals surface area contributed by atoms with Crippen molar-refractivity contribution in [1.82, 2.24) is 25.3 Å². The summed E-state index contributed by atoms with van der Waals surface area (Å²) in [5.74, 6) is -0.409. The van der Waals surface area contributed by atoms with E-state index in [1.165, 1.54) is 10.7 Å². The second-order valence-electron chi connectivity index (χ2n) is 8.23. The molecule has 7 nitrogen and oxygen atoms in total. The van der Waals surface area contributed by atoms with Gasteiger partial charge in [-0.1, -0.05) is 12.5 Å². The molecule has 0 radical (unpaired) electrons.